The molecule has 5 nitrogen and oxygen atoms in total. The summed E-state index contributed by atoms with van der Waals surface area (Å²) in [6.45, 7) is 2.32. The number of para-hydroxylation sites is 1. The van der Waals surface area contributed by atoms with Gasteiger partial charge in [-0.2, -0.15) is 0 Å². The number of pyridine rings is 1. The third kappa shape index (κ3) is 4.45. The number of ether oxygens (including phenoxy) is 1. The fourth-order valence-electron chi connectivity index (χ4n) is 4.89. The van der Waals surface area contributed by atoms with Gasteiger partial charge in [0.15, 0.2) is 6.29 Å². The number of aliphatic hydroxyl groups excluding tert-OH is 1. The van der Waals surface area contributed by atoms with Crippen molar-refractivity contribution >= 4 is 10.9 Å². The molecule has 162 valence electrons. The molecule has 1 atom stereocenters. The molecule has 1 aromatic heterocycles. The van der Waals surface area contributed by atoms with Gasteiger partial charge in [-0.1, -0.05) is 24.3 Å². The first kappa shape index (κ1) is 20.4. The molecule has 1 unspecified atom stereocenters. The lowest BCUT2D eigenvalue weighted by Crippen LogP contribution is -2.43. The van der Waals surface area contributed by atoms with E-state index in [1.807, 2.05) is 36.5 Å². The number of fused-ring (bicyclic) bond motifs is 2. The van der Waals surface area contributed by atoms with Crippen LogP contribution in [0.3, 0.4) is 0 Å². The largest absolute Gasteiger partial charge is 0.465 e. The first-order chi connectivity index (χ1) is 15.1. The smallest absolute Gasteiger partial charge is 0.198 e. The molecule has 5 heteroatoms. The third-order valence-corrected chi connectivity index (χ3v) is 6.85. The van der Waals surface area contributed by atoms with Crippen molar-refractivity contribution in [2.75, 3.05) is 19.6 Å². The van der Waals surface area contributed by atoms with E-state index in [-0.39, 0.29) is 0 Å². The molecule has 1 aliphatic heterocycles. The lowest BCUT2D eigenvalue weighted by Gasteiger charge is -2.38. The van der Waals surface area contributed by atoms with E-state index in [0.29, 0.717) is 19.3 Å². The maximum atomic E-state index is 11.2. The molecule has 5 rings (SSSR count). The van der Waals surface area contributed by atoms with E-state index in [2.05, 4.69) is 28.1 Å². The van der Waals surface area contributed by atoms with Crippen LogP contribution in [0, 0.1) is 0 Å². The molecule has 0 spiro atoms. The zero-order valence-electron chi connectivity index (χ0n) is 17.8. The topological polar surface area (TPSA) is 65.8 Å². The Morgan fingerprint density at radius 2 is 1.84 bits per heavy atom. The molecule has 0 saturated carbocycles. The van der Waals surface area contributed by atoms with E-state index in [1.54, 1.807) is 0 Å². The molecule has 1 saturated heterocycles. The zero-order chi connectivity index (χ0) is 21.3. The highest BCUT2D eigenvalue weighted by Gasteiger charge is 2.34. The molecule has 31 heavy (non-hydrogen) atoms. The first-order valence-electron chi connectivity index (χ1n) is 11.4. The van der Waals surface area contributed by atoms with Crippen molar-refractivity contribution in [1.29, 1.82) is 0 Å². The standard InChI is InChI=1S/C26H30N2O3/c29-25(31-23-9-8-19-5-3-6-20(19)17-23)10-13-28-14-11-26(30,12-15-28)22-16-21-4-1-2-7-24(21)27-18-22/h1-2,4,7-9,16-18,25,29-30H,3,5-6,10-15H2. The van der Waals surface area contributed by atoms with Crippen molar-refractivity contribution in [3.63, 3.8) is 0 Å². The van der Waals surface area contributed by atoms with Gasteiger partial charge in [0.25, 0.3) is 0 Å². The van der Waals surface area contributed by atoms with Gasteiger partial charge in [0, 0.05) is 43.2 Å². The molecule has 0 amide bonds. The van der Waals surface area contributed by atoms with E-state index in [4.69, 9.17) is 4.74 Å². The van der Waals surface area contributed by atoms with Crippen LogP contribution in [0.2, 0.25) is 0 Å². The van der Waals surface area contributed by atoms with Gasteiger partial charge in [0.2, 0.25) is 0 Å². The number of rotatable bonds is 6. The van der Waals surface area contributed by atoms with Crippen LogP contribution in [0.1, 0.15) is 42.4 Å². The normalized spacial score (nSPS) is 19.3. The van der Waals surface area contributed by atoms with Crippen LogP contribution < -0.4 is 4.74 Å². The molecule has 2 heterocycles. The second-order valence-electron chi connectivity index (χ2n) is 8.94. The molecule has 1 fully saturated rings. The molecular weight excluding hydrogens is 388 g/mol. The number of benzene rings is 2. The van der Waals surface area contributed by atoms with Gasteiger partial charge in [0.1, 0.15) is 5.75 Å². The summed E-state index contributed by atoms with van der Waals surface area (Å²) >= 11 is 0. The Morgan fingerprint density at radius 3 is 2.71 bits per heavy atom. The zero-order valence-corrected chi connectivity index (χ0v) is 17.8. The van der Waals surface area contributed by atoms with Gasteiger partial charge in [-0.25, -0.2) is 0 Å². The lowest BCUT2D eigenvalue weighted by molar-refractivity contribution is -0.0476. The highest BCUT2D eigenvalue weighted by atomic mass is 16.6. The Balaban J connectivity index is 1.13. The molecule has 2 N–H and O–H groups in total. The monoisotopic (exact) mass is 418 g/mol. The molecular formula is C26H30N2O3. The van der Waals surface area contributed by atoms with Crippen LogP contribution in [0.25, 0.3) is 10.9 Å². The van der Waals surface area contributed by atoms with Crippen LogP contribution in [0.4, 0.5) is 0 Å². The summed E-state index contributed by atoms with van der Waals surface area (Å²) in [6.07, 6.45) is 6.33. The number of aromatic nitrogens is 1. The Bertz CT molecular complexity index is 1060. The average Bonchev–Trinajstić information content (AvgIpc) is 3.26. The maximum absolute atomic E-state index is 11.2. The minimum absolute atomic E-state index is 0.549. The molecule has 2 aromatic carbocycles. The van der Waals surface area contributed by atoms with Crippen LogP contribution in [-0.2, 0) is 18.4 Å². The Morgan fingerprint density at radius 1 is 1.03 bits per heavy atom. The summed E-state index contributed by atoms with van der Waals surface area (Å²) in [5.41, 5.74) is 3.76. The highest BCUT2D eigenvalue weighted by Crippen LogP contribution is 2.34. The average molecular weight is 419 g/mol. The number of hydrogen-bond acceptors (Lipinski definition) is 5. The number of nitrogens with zero attached hydrogens (tertiary/aromatic N) is 2. The third-order valence-electron chi connectivity index (χ3n) is 6.85. The number of piperidine rings is 1. The van der Waals surface area contributed by atoms with Crippen LogP contribution >= 0.6 is 0 Å². The maximum Gasteiger partial charge on any atom is 0.198 e. The van der Waals surface area contributed by atoms with E-state index in [9.17, 15) is 10.2 Å². The van der Waals surface area contributed by atoms with Gasteiger partial charge in [-0.05, 0) is 67.5 Å². The number of hydrogen-bond donors (Lipinski definition) is 2. The Kier molecular flexibility index (Phi) is 5.65. The molecule has 3 aromatic rings. The minimum atomic E-state index is -0.840. The quantitative estimate of drug-likeness (QED) is 0.596. The predicted octanol–water partition coefficient (Wildman–Crippen LogP) is 3.79. The molecule has 1 aliphatic carbocycles. The Labute approximate surface area is 183 Å². The van der Waals surface area contributed by atoms with Crippen LogP contribution in [0.15, 0.2) is 54.7 Å². The van der Waals surface area contributed by atoms with Gasteiger partial charge < -0.3 is 19.8 Å². The van der Waals surface area contributed by atoms with Gasteiger partial charge >= 0.3 is 0 Å². The second kappa shape index (κ2) is 8.58. The Hall–Kier alpha value is -2.47. The molecule has 0 radical (unpaired) electrons. The van der Waals surface area contributed by atoms with Gasteiger partial charge in [0.05, 0.1) is 11.1 Å². The summed E-state index contributed by atoms with van der Waals surface area (Å²) in [6, 6.07) is 16.2. The summed E-state index contributed by atoms with van der Waals surface area (Å²) in [5, 5.41) is 22.6. The van der Waals surface area contributed by atoms with E-state index < -0.39 is 11.9 Å². The lowest BCUT2D eigenvalue weighted by atomic mass is 9.85. The van der Waals surface area contributed by atoms with E-state index >= 15 is 0 Å². The van der Waals surface area contributed by atoms with E-state index in [1.165, 1.54) is 17.5 Å². The molecule has 2 aliphatic rings. The summed E-state index contributed by atoms with van der Waals surface area (Å²) in [5.74, 6) is 0.755. The number of aliphatic hydroxyl groups is 2. The number of aryl methyl sites for hydroxylation is 2. The predicted molar refractivity (Wildman–Crippen MR) is 121 cm³/mol. The van der Waals surface area contributed by atoms with Crippen molar-refractivity contribution < 1.29 is 14.9 Å². The summed E-state index contributed by atoms with van der Waals surface area (Å²) in [7, 11) is 0. The van der Waals surface area contributed by atoms with Crippen molar-refractivity contribution in [3.8, 4) is 5.75 Å². The summed E-state index contributed by atoms with van der Waals surface area (Å²) in [4.78, 5) is 6.81. The van der Waals surface area contributed by atoms with Crippen LogP contribution in [0.5, 0.6) is 5.75 Å². The fraction of sp³-hybridized carbons (Fsp3) is 0.423. The van der Waals surface area contributed by atoms with Gasteiger partial charge in [-0.3, -0.25) is 4.98 Å². The molecule has 0 bridgehead atoms. The van der Waals surface area contributed by atoms with Crippen molar-refractivity contribution in [1.82, 2.24) is 9.88 Å². The minimum Gasteiger partial charge on any atom is -0.465 e. The van der Waals surface area contributed by atoms with Gasteiger partial charge in [-0.15, -0.1) is 0 Å². The highest BCUT2D eigenvalue weighted by molar-refractivity contribution is 5.78. The van der Waals surface area contributed by atoms with Crippen molar-refractivity contribution in [2.45, 2.75) is 50.4 Å². The fourth-order valence-corrected chi connectivity index (χ4v) is 4.89. The second-order valence-corrected chi connectivity index (χ2v) is 8.94. The first-order valence-corrected chi connectivity index (χ1v) is 11.4. The SMILES string of the molecule is OC(CCN1CCC(O)(c2cnc3ccccc3c2)CC1)Oc1ccc2c(c1)CCC2. The van der Waals surface area contributed by atoms with E-state index in [0.717, 1.165) is 54.7 Å². The van der Waals surface area contributed by atoms with Crippen molar-refractivity contribution in [3.05, 3.63) is 71.4 Å². The van der Waals surface area contributed by atoms with Crippen molar-refractivity contribution in [2.24, 2.45) is 0 Å². The number of likely N-dealkylation sites (tertiary alicyclic amines) is 1. The summed E-state index contributed by atoms with van der Waals surface area (Å²) < 4.78 is 5.75. The van der Waals surface area contributed by atoms with Crippen LogP contribution in [-0.4, -0.2) is 46.0 Å².